The second kappa shape index (κ2) is 12.1. The molecule has 39 heavy (non-hydrogen) atoms. The molecule has 8 heteroatoms. The summed E-state index contributed by atoms with van der Waals surface area (Å²) in [7, 11) is 1.59. The summed E-state index contributed by atoms with van der Waals surface area (Å²) in [4.78, 5) is 27.4. The molecule has 8 nitrogen and oxygen atoms in total. The predicted molar refractivity (Wildman–Crippen MR) is 152 cm³/mol. The van der Waals surface area contributed by atoms with Crippen molar-refractivity contribution in [1.82, 2.24) is 20.2 Å². The number of carbonyl (C=O) groups is 1. The van der Waals surface area contributed by atoms with Crippen molar-refractivity contribution in [2.75, 3.05) is 38.2 Å². The van der Waals surface area contributed by atoms with Crippen LogP contribution >= 0.6 is 0 Å². The van der Waals surface area contributed by atoms with Crippen LogP contribution in [0.15, 0.2) is 85.1 Å². The van der Waals surface area contributed by atoms with Gasteiger partial charge in [-0.15, -0.1) is 0 Å². The number of nitriles is 1. The van der Waals surface area contributed by atoms with Crippen LogP contribution < -0.4 is 15.0 Å². The van der Waals surface area contributed by atoms with E-state index in [1.165, 1.54) is 0 Å². The van der Waals surface area contributed by atoms with Gasteiger partial charge in [-0.3, -0.25) is 4.79 Å². The highest BCUT2D eigenvalue weighted by molar-refractivity contribution is 5.89. The molecule has 0 saturated carbocycles. The van der Waals surface area contributed by atoms with Crippen molar-refractivity contribution in [2.45, 2.75) is 12.5 Å². The molecule has 3 aromatic carbocycles. The first-order valence-corrected chi connectivity index (χ1v) is 12.9. The average molecular weight is 519 g/mol. The number of hydrogen-bond donors (Lipinski definition) is 1. The van der Waals surface area contributed by atoms with Crippen molar-refractivity contribution in [1.29, 1.82) is 5.26 Å². The molecule has 1 atom stereocenters. The van der Waals surface area contributed by atoms with Gasteiger partial charge in [0, 0.05) is 38.3 Å². The summed E-state index contributed by atoms with van der Waals surface area (Å²) in [6.07, 6.45) is 4.22. The number of aromatic nitrogens is 2. The number of carbonyl (C=O) groups excluding carboxylic acids is 1. The number of fused-ring (bicyclic) bond motifs is 1. The van der Waals surface area contributed by atoms with Crippen molar-refractivity contribution >= 4 is 28.8 Å². The minimum atomic E-state index is -1.11. The number of benzene rings is 3. The minimum absolute atomic E-state index is 0.240. The van der Waals surface area contributed by atoms with Crippen LogP contribution in [0.2, 0.25) is 0 Å². The van der Waals surface area contributed by atoms with Gasteiger partial charge in [0.2, 0.25) is 5.91 Å². The maximum absolute atomic E-state index is 13.3. The monoisotopic (exact) mass is 518 g/mol. The van der Waals surface area contributed by atoms with Gasteiger partial charge in [-0.1, -0.05) is 60.7 Å². The Balaban J connectivity index is 1.37. The molecule has 1 aliphatic heterocycles. The Bertz CT molecular complexity index is 1510. The third kappa shape index (κ3) is 5.99. The van der Waals surface area contributed by atoms with E-state index in [1.807, 2.05) is 66.7 Å². The number of rotatable bonds is 8. The van der Waals surface area contributed by atoms with Crippen LogP contribution in [0.5, 0.6) is 5.75 Å². The zero-order valence-corrected chi connectivity index (χ0v) is 21.8. The first kappa shape index (κ1) is 25.7. The highest BCUT2D eigenvalue weighted by Crippen LogP contribution is 2.28. The van der Waals surface area contributed by atoms with Crippen LogP contribution in [0, 0.1) is 11.3 Å². The van der Waals surface area contributed by atoms with Crippen molar-refractivity contribution in [3.05, 3.63) is 102 Å². The summed E-state index contributed by atoms with van der Waals surface area (Å²) in [5.41, 5.74) is 3.74. The number of para-hydroxylation sites is 3. The Morgan fingerprint density at radius 1 is 0.974 bits per heavy atom. The van der Waals surface area contributed by atoms with Crippen LogP contribution in [0.1, 0.15) is 22.7 Å². The van der Waals surface area contributed by atoms with Gasteiger partial charge in [0.25, 0.3) is 0 Å². The SMILES string of the molecule is COc1ccccc1CNC(=O)[C@@H](C#N)c1nc2ccccc2nc1N1CCN(/C=C/c2ccccc2)CC1. The van der Waals surface area contributed by atoms with Crippen molar-refractivity contribution in [2.24, 2.45) is 0 Å². The molecule has 0 bridgehead atoms. The van der Waals surface area contributed by atoms with E-state index >= 15 is 0 Å². The number of nitrogens with zero attached hydrogens (tertiary/aromatic N) is 5. The fourth-order valence-corrected chi connectivity index (χ4v) is 4.65. The van der Waals surface area contributed by atoms with Crippen molar-refractivity contribution in [3.8, 4) is 11.8 Å². The highest BCUT2D eigenvalue weighted by Gasteiger charge is 2.30. The molecule has 0 unspecified atom stereocenters. The van der Waals surface area contributed by atoms with E-state index in [0.29, 0.717) is 35.9 Å². The number of ether oxygens (including phenoxy) is 1. The summed E-state index contributed by atoms with van der Waals surface area (Å²) in [6, 6.07) is 27.4. The van der Waals surface area contributed by atoms with Crippen LogP contribution in [0.25, 0.3) is 17.1 Å². The molecule has 4 aromatic rings. The lowest BCUT2D eigenvalue weighted by molar-refractivity contribution is -0.121. The number of hydrogen-bond acceptors (Lipinski definition) is 7. The lowest BCUT2D eigenvalue weighted by atomic mass is 10.0. The Morgan fingerprint density at radius 2 is 1.64 bits per heavy atom. The molecule has 5 rings (SSSR count). The molecule has 1 saturated heterocycles. The van der Waals surface area contributed by atoms with E-state index in [4.69, 9.17) is 14.7 Å². The molecule has 196 valence electrons. The Labute approximate surface area is 228 Å². The van der Waals surface area contributed by atoms with Crippen LogP contribution in [0.4, 0.5) is 5.82 Å². The van der Waals surface area contributed by atoms with Crippen LogP contribution in [0.3, 0.4) is 0 Å². The van der Waals surface area contributed by atoms with Crippen molar-refractivity contribution in [3.63, 3.8) is 0 Å². The summed E-state index contributed by atoms with van der Waals surface area (Å²) >= 11 is 0. The molecule has 0 spiro atoms. The number of anilines is 1. The second-order valence-corrected chi connectivity index (χ2v) is 9.26. The average Bonchev–Trinajstić information content (AvgIpc) is 3.00. The van der Waals surface area contributed by atoms with Gasteiger partial charge in [0.1, 0.15) is 11.4 Å². The van der Waals surface area contributed by atoms with Gasteiger partial charge >= 0.3 is 0 Å². The zero-order valence-electron chi connectivity index (χ0n) is 21.8. The third-order valence-electron chi connectivity index (χ3n) is 6.78. The van der Waals surface area contributed by atoms with Gasteiger partial charge in [-0.2, -0.15) is 5.26 Å². The van der Waals surface area contributed by atoms with E-state index in [0.717, 1.165) is 29.7 Å². The molecule has 0 aliphatic carbocycles. The van der Waals surface area contributed by atoms with Crippen molar-refractivity contribution < 1.29 is 9.53 Å². The van der Waals surface area contributed by atoms with E-state index in [1.54, 1.807) is 7.11 Å². The maximum atomic E-state index is 13.3. The van der Waals surface area contributed by atoms with Gasteiger partial charge in [0.15, 0.2) is 11.7 Å². The molecule has 2 heterocycles. The molecule has 1 aliphatic rings. The summed E-state index contributed by atoms with van der Waals surface area (Å²) < 4.78 is 5.39. The number of piperazine rings is 1. The first-order valence-electron chi connectivity index (χ1n) is 12.9. The number of methoxy groups -OCH3 is 1. The highest BCUT2D eigenvalue weighted by atomic mass is 16.5. The summed E-state index contributed by atoms with van der Waals surface area (Å²) in [5.74, 6) is -0.266. The van der Waals surface area contributed by atoms with Gasteiger partial charge in [-0.25, -0.2) is 9.97 Å². The Hall–Kier alpha value is -4.90. The second-order valence-electron chi connectivity index (χ2n) is 9.26. The van der Waals surface area contributed by atoms with Gasteiger partial charge in [0.05, 0.1) is 24.2 Å². The molecule has 1 fully saturated rings. The van der Waals surface area contributed by atoms with E-state index < -0.39 is 11.8 Å². The van der Waals surface area contributed by atoms with E-state index in [9.17, 15) is 10.1 Å². The van der Waals surface area contributed by atoms with E-state index in [-0.39, 0.29) is 6.54 Å². The summed E-state index contributed by atoms with van der Waals surface area (Å²) in [6.45, 7) is 3.20. The quantitative estimate of drug-likeness (QED) is 0.371. The van der Waals surface area contributed by atoms with Gasteiger partial charge in [-0.05, 0) is 36.0 Å². The molecule has 1 N–H and O–H groups in total. The Kier molecular flexibility index (Phi) is 7.98. The zero-order chi connectivity index (χ0) is 27.0. The molecule has 1 aromatic heterocycles. The third-order valence-corrected chi connectivity index (χ3v) is 6.78. The topological polar surface area (TPSA) is 94.4 Å². The van der Waals surface area contributed by atoms with Crippen LogP contribution in [-0.4, -0.2) is 54.1 Å². The number of amides is 1. The largest absolute Gasteiger partial charge is 0.496 e. The van der Waals surface area contributed by atoms with E-state index in [2.05, 4.69) is 45.6 Å². The summed E-state index contributed by atoms with van der Waals surface area (Å²) in [5, 5.41) is 13.0. The van der Waals surface area contributed by atoms with Crippen LogP contribution in [-0.2, 0) is 11.3 Å². The molecular weight excluding hydrogens is 488 g/mol. The molecular formula is C31H30N6O2. The predicted octanol–water partition coefficient (Wildman–Crippen LogP) is 4.35. The fraction of sp³-hybridized carbons (Fsp3) is 0.226. The smallest absolute Gasteiger partial charge is 0.243 e. The fourth-order valence-electron chi connectivity index (χ4n) is 4.65. The molecule has 0 radical (unpaired) electrons. The van der Waals surface area contributed by atoms with Gasteiger partial charge < -0.3 is 19.9 Å². The standard InChI is InChI=1S/C31H30N6O2/c1-39-28-14-8-5-11-24(28)22-33-31(38)25(21-32)29-30(35-27-13-7-6-12-26(27)34-29)37-19-17-36(18-20-37)16-15-23-9-3-2-4-10-23/h2-16,25H,17-20,22H2,1H3,(H,33,38)/b16-15+/t25-/m0/s1. The maximum Gasteiger partial charge on any atom is 0.243 e. The Morgan fingerprint density at radius 3 is 2.36 bits per heavy atom. The number of nitrogens with one attached hydrogen (secondary N) is 1. The minimum Gasteiger partial charge on any atom is -0.496 e. The molecule has 1 amide bonds. The normalized spacial score (nSPS) is 14.3. The first-order chi connectivity index (χ1) is 19.2. The lowest BCUT2D eigenvalue weighted by Crippen LogP contribution is -2.45. The lowest BCUT2D eigenvalue weighted by Gasteiger charge is -2.35.